The van der Waals surface area contributed by atoms with Gasteiger partial charge in [-0.05, 0) is 252 Å². The number of nitrogens with zero attached hydrogens (tertiary/aromatic N) is 6. The van der Waals surface area contributed by atoms with E-state index in [9.17, 15) is 32.9 Å². The van der Waals surface area contributed by atoms with Crippen molar-refractivity contribution in [1.82, 2.24) is 29.4 Å². The number of Topliss-reactive ketones (excluding diaryl/α,β-unsaturated/α-hetero) is 6. The molecule has 0 aliphatic carbocycles. The molecule has 0 saturated carbocycles. The fourth-order valence-electron chi connectivity index (χ4n) is 15.0. The van der Waals surface area contributed by atoms with Gasteiger partial charge in [-0.25, -0.2) is 0 Å². The van der Waals surface area contributed by atoms with Crippen LogP contribution in [0.1, 0.15) is 453 Å². The monoisotopic (exact) mass is 2100 g/mol. The average molecular weight is 2100 g/mol. The first-order chi connectivity index (χ1) is 109. The summed E-state index contributed by atoms with van der Waals surface area (Å²) in [5, 5.41) is 0. The van der Waals surface area contributed by atoms with Crippen LogP contribution in [0.15, 0.2) is 72.8 Å². The van der Waals surface area contributed by atoms with Gasteiger partial charge in [0.05, 0.1) is 141 Å². The molecule has 15 unspecified atom stereocenters. The van der Waals surface area contributed by atoms with E-state index in [1.54, 1.807) is 27.7 Å². The van der Waals surface area contributed by atoms with Gasteiger partial charge in [0.15, 0.2) is 69.0 Å². The Morgan fingerprint density at radius 2 is 0.569 bits per heavy atom. The Hall–Kier alpha value is -9.30. The molecule has 6 fully saturated rings. The number of ether oxygens (including phenoxy) is 12. The van der Waals surface area contributed by atoms with Crippen LogP contribution in [0.5, 0.6) is 69.0 Å². The first-order valence-corrected chi connectivity index (χ1v) is 42.0. The Kier molecular flexibility index (Phi) is 14.0. The SMILES string of the molecule is C.C.C.[2H]C([2H])([2H])Oc1cc2c(cc1OC([2H])([2H])[2H])C([2H])([2H])C([2H])([2H])N1C2([2H])CC(=O)C(C([2H])([2H])C([2H])(C([2H])([2H])[2H])C([2H])([2H])C)C1([2H])[2H].[2H]C([2H])([2H])Oc1cc2c(cc1OC([2H])([2H])[2H])C([2H])([2H])C([2H])([2H])N1C2([2H])CC(=O)C(CC(C)C)C1([2H])[2H].[2H]C([2H])([2H])Oc1cc2c(cc1OC([2H])([2H])[2H])C([2H])([2H])C([2H])([2H])N1CC([2H])(CC(C)C)C(=O)C([2H])([2H])C21.[2H]C([2H])([2H])Oc1cc2c(cc1OC([2H])([2H])[2H])C1([2H])N(C([2H])([2H])C([2H])(CC(C)C)C(=O)C1([2H])[2H])C([2H])([2H])C2([2H])[2H].[2H]C([2H])([2H])Oc1cc2c(cc1OC([2H])([2H])[2H])C1([2H])N(C([2H])([2H])C2([2H])[2H])C([2H])([2H])C([2H])(C([2H])([2H])C([2H])(C([2H])([2H])[2H])C([2H])([2H])C)C(=O)C1([2H])[2H].[2H]C([2H])([2H])Oc1cc2c(cc1OC([2H])([2H])[2H])C1([2H])N(CC([2H])(C([2H])([2H])C([2H])(C([2H])([2H])[2H])C([2H])([2H])C)C(=O)C1([2H])[2H])C([2H])([2H])C2([2H])[2H]. The smallest absolute Gasteiger partial charge is 0.161 e. The predicted molar refractivity (Wildman–Crippen MR) is 575 cm³/mol. The van der Waals surface area contributed by atoms with Gasteiger partial charge in [0.2, 0.25) is 0 Å². The lowest BCUT2D eigenvalue weighted by Gasteiger charge is -2.43. The highest BCUT2D eigenvalue weighted by molar-refractivity contribution is 5.86. The van der Waals surface area contributed by atoms with Crippen molar-refractivity contribution in [2.45, 2.75) is 275 Å². The maximum absolute atomic E-state index is 14.1. The van der Waals surface area contributed by atoms with Crippen molar-refractivity contribution in [1.29, 1.82) is 0 Å². The fraction of sp³-hybridized carbons (Fsp3) is 0.650. The topological polar surface area (TPSA) is 233 Å². The van der Waals surface area contributed by atoms with E-state index >= 15 is 0 Å². The van der Waals surface area contributed by atoms with Crippen LogP contribution in [0.2, 0.25) is 0 Å². The van der Waals surface area contributed by atoms with E-state index in [4.69, 9.17) is 202 Å². The molecule has 0 spiro atoms. The van der Waals surface area contributed by atoms with Crippen molar-refractivity contribution < 1.29 is 235 Å². The van der Waals surface area contributed by atoms with Gasteiger partial charge in [0, 0.05) is 281 Å². The van der Waals surface area contributed by atoms with Gasteiger partial charge in [0.1, 0.15) is 34.7 Å². The molecular weight excluding hydrogens is 1810 g/mol. The largest absolute Gasteiger partial charge is 0.493 e. The highest BCUT2D eigenvalue weighted by Crippen LogP contribution is 2.51. The van der Waals surface area contributed by atoms with Gasteiger partial charge in [-0.2, -0.15) is 0 Å². The number of carbonyl (C=O) groups is 6. The van der Waals surface area contributed by atoms with E-state index in [2.05, 4.69) is 0 Å². The molecule has 0 radical (unpaired) electrons. The zero-order valence-electron chi connectivity index (χ0n) is 185. The number of hydrogen-bond donors (Lipinski definition) is 0. The second-order valence-corrected chi connectivity index (χ2v) is 32.3. The molecular formula is C120H180N6O18. The molecule has 12 heterocycles. The second-order valence-electron chi connectivity index (χ2n) is 32.3. The lowest BCUT2D eigenvalue weighted by molar-refractivity contribution is -0.130. The Bertz CT molecular complexity index is 10500. The van der Waals surface area contributed by atoms with E-state index in [1.807, 2.05) is 0 Å². The molecule has 15 atom stereocenters. The minimum Gasteiger partial charge on any atom is -0.493 e. The number of hydrogen-bond acceptors (Lipinski definition) is 24. The molecule has 24 heteroatoms. The summed E-state index contributed by atoms with van der Waals surface area (Å²) in [7, 11) is -39.1. The van der Waals surface area contributed by atoms with Crippen molar-refractivity contribution in [3.05, 3.63) is 140 Å². The second kappa shape index (κ2) is 53.5. The number of rotatable bonds is 27. The minimum atomic E-state index is -4.67. The zero-order valence-corrected chi connectivity index (χ0v) is 75.9. The first-order valence-electron chi connectivity index (χ1n) is 96.5. The Labute approximate surface area is 1020 Å². The summed E-state index contributed by atoms with van der Waals surface area (Å²) in [6, 6.07) is -11.4. The molecule has 24 nitrogen and oxygen atoms in total. The van der Waals surface area contributed by atoms with E-state index in [0.29, 0.717) is 68.1 Å². The number of benzene rings is 6. The molecule has 0 amide bonds. The van der Waals surface area contributed by atoms with Gasteiger partial charge in [-0.3, -0.25) is 58.2 Å². The lowest BCUT2D eigenvalue weighted by Crippen LogP contribution is -2.46. The van der Waals surface area contributed by atoms with Crippen LogP contribution in [-0.2, 0) is 67.0 Å². The Morgan fingerprint density at radius 1 is 0.306 bits per heavy atom. The molecule has 12 aliphatic heterocycles. The molecule has 0 aromatic heterocycles. The lowest BCUT2D eigenvalue weighted by atomic mass is 9.79. The molecule has 798 valence electrons. The molecule has 18 rings (SSSR count). The van der Waals surface area contributed by atoms with Crippen molar-refractivity contribution in [2.24, 2.45) is 70.8 Å². The van der Waals surface area contributed by atoms with Gasteiger partial charge < -0.3 is 56.8 Å². The third kappa shape index (κ3) is 27.2. The minimum absolute atomic E-state index is 0. The van der Waals surface area contributed by atoms with E-state index in [1.165, 1.54) is 13.8 Å². The average Bonchev–Trinajstić information content (AvgIpc) is 0.635. The molecule has 6 aromatic carbocycles. The maximum Gasteiger partial charge on any atom is 0.161 e. The number of carbonyl (C=O) groups excluding carboxylic acids is 6. The van der Waals surface area contributed by atoms with Gasteiger partial charge in [-0.1, -0.05) is 124 Å². The van der Waals surface area contributed by atoms with Crippen molar-refractivity contribution in [3.63, 3.8) is 0 Å². The van der Waals surface area contributed by atoms with Crippen LogP contribution >= 0.6 is 0 Å². The summed E-state index contributed by atoms with van der Waals surface area (Å²) in [6.45, 7) is -39.1. The molecule has 144 heavy (non-hydrogen) atoms. The molecule has 0 bridgehead atoms. The van der Waals surface area contributed by atoms with Gasteiger partial charge in [-0.15, -0.1) is 0 Å². The summed E-state index contributed by atoms with van der Waals surface area (Å²) in [5.41, 5.74) is -9.82. The normalized spacial score (nSPS) is 49.4. The Balaban J connectivity index is 0.000000296. The Morgan fingerprint density at radius 3 is 0.931 bits per heavy atom. The highest BCUT2D eigenvalue weighted by atomic mass is 16.5. The van der Waals surface area contributed by atoms with Crippen LogP contribution < -0.4 is 56.8 Å². The van der Waals surface area contributed by atoms with Crippen LogP contribution in [0, 0.1) is 70.8 Å². The van der Waals surface area contributed by atoms with E-state index in [0.717, 1.165) is 29.2 Å². The van der Waals surface area contributed by atoms with Crippen molar-refractivity contribution >= 4 is 34.7 Å². The molecule has 6 saturated heterocycles. The summed E-state index contributed by atoms with van der Waals surface area (Å²) >= 11 is 0. The summed E-state index contributed by atoms with van der Waals surface area (Å²) in [6.07, 6.45) is -60.7. The van der Waals surface area contributed by atoms with Crippen molar-refractivity contribution in [2.75, 3.05) is 163 Å². The van der Waals surface area contributed by atoms with Crippen LogP contribution in [0.25, 0.3) is 0 Å². The third-order valence-electron chi connectivity index (χ3n) is 21.7. The van der Waals surface area contributed by atoms with Gasteiger partial charge >= 0.3 is 0 Å². The quantitative estimate of drug-likeness (QED) is 0.0466. The number of methoxy groups -OCH3 is 12. The molecule has 0 N–H and O–H groups in total. The fourth-order valence-corrected chi connectivity index (χ4v) is 15.0. The van der Waals surface area contributed by atoms with E-state index < -0.39 is 569 Å². The van der Waals surface area contributed by atoms with Crippen LogP contribution in [0.4, 0.5) is 0 Å². The summed E-state index contributed by atoms with van der Waals surface area (Å²) in [4.78, 5) is 81.8. The maximum atomic E-state index is 14.1. The summed E-state index contributed by atoms with van der Waals surface area (Å²) in [5.74, 6) is -51.9. The van der Waals surface area contributed by atoms with E-state index in [-0.39, 0.29) is 73.3 Å². The number of piperidine rings is 6. The van der Waals surface area contributed by atoms with Crippen LogP contribution in [0.3, 0.4) is 0 Å². The number of aryl methyl sites for hydroxylation is 6. The van der Waals surface area contributed by atoms with Crippen LogP contribution in [-0.4, -0.2) is 227 Å². The number of ketones is 6. The number of fused-ring (bicyclic) bond motifs is 18. The van der Waals surface area contributed by atoms with Gasteiger partial charge in [0.25, 0.3) is 0 Å². The van der Waals surface area contributed by atoms with Crippen molar-refractivity contribution in [3.8, 4) is 69.0 Å². The standard InChI is InChI=1S/3C20H29NO3.3C19H27NO3.3CH4/c3*1-5-13(2)8-15-12-21-7-6-14-9-19(23-3)20(24-4)10-16(14)17(21)11-18(15)22;3*1-12(2)7-14-11-20-6-5-13-8-18(22-3)19(23-4)9-15(13)16(20)10-17(14)21;;;/h3*9-10,13,15,17H,5-8,11-12H2,1-4H3;3*8-9,12,14,16H,5-7,10-11H2,1-4H3;3*1H4/i2D3,3D3,4D3,5D2,6D2,7D2,8D2,11D2,12D2,13D,15D,17D;2D3,3D3,4D3,5D2,6D2,7D2,8D2,11D2,13D,15D,17D;2D3,3D3,4D3,5D2,6D2,7D2,8D2,12D2,13D,17D;3D3,4D3,5D2,6D2,10D2,11D2,14D,16D;3D3,4D3,5D2,6D2,11D2,16D;3D3,4D3,5D2,6D2,10D2,14D;;;. The zero-order chi connectivity index (χ0) is 197. The third-order valence-corrected chi connectivity index (χ3v) is 21.7. The molecule has 12 aliphatic rings. The summed E-state index contributed by atoms with van der Waals surface area (Å²) < 4.78 is 948. The first kappa shape index (κ1) is 37.7. The predicted octanol–water partition coefficient (Wildman–Crippen LogP) is 22.5. The highest BCUT2D eigenvalue weighted by Gasteiger charge is 2.47. The molecule has 6 aromatic rings.